The van der Waals surface area contributed by atoms with Gasteiger partial charge in [-0.3, -0.25) is 0 Å². The van der Waals surface area contributed by atoms with E-state index in [1.807, 2.05) is 13.8 Å². The van der Waals surface area contributed by atoms with E-state index in [4.69, 9.17) is 10.00 Å². The molecule has 0 atom stereocenters. The zero-order valence-corrected chi connectivity index (χ0v) is 12.6. The highest BCUT2D eigenvalue weighted by molar-refractivity contribution is 4.91. The smallest absolute Gasteiger partial charge is 0.0683 e. The van der Waals surface area contributed by atoms with Gasteiger partial charge in [0.25, 0.3) is 0 Å². The summed E-state index contributed by atoms with van der Waals surface area (Å²) in [5, 5.41) is 8.87. The summed E-state index contributed by atoms with van der Waals surface area (Å²) in [5.74, 6) is 0. The van der Waals surface area contributed by atoms with Crippen LogP contribution in [0.4, 0.5) is 0 Å². The monoisotopic (exact) mass is 253 g/mol. The molecule has 0 radical (unpaired) electrons. The largest absolute Gasteiger partial charge is 0.381 e. The van der Waals surface area contributed by atoms with Crippen LogP contribution in [-0.2, 0) is 4.74 Å². The minimum atomic E-state index is -0.167. The van der Waals surface area contributed by atoms with Crippen molar-refractivity contribution < 1.29 is 4.74 Å². The van der Waals surface area contributed by atoms with Crippen LogP contribution in [0.1, 0.15) is 78.6 Å². The lowest BCUT2D eigenvalue weighted by Crippen LogP contribution is -2.08. The van der Waals surface area contributed by atoms with Crippen LogP contribution in [0.5, 0.6) is 0 Å². The van der Waals surface area contributed by atoms with Crippen molar-refractivity contribution in [2.75, 3.05) is 13.2 Å². The Bertz CT molecular complexity index is 218. The SMILES string of the molecule is CCCCCCCCOCCCCC(C)(C)C#N. The Kier molecular flexibility index (Phi) is 11.2. The maximum Gasteiger partial charge on any atom is 0.0683 e. The topological polar surface area (TPSA) is 33.0 Å². The number of ether oxygens (including phenoxy) is 1. The van der Waals surface area contributed by atoms with Gasteiger partial charge >= 0.3 is 0 Å². The van der Waals surface area contributed by atoms with E-state index in [1.165, 1.54) is 38.5 Å². The predicted molar refractivity (Wildman–Crippen MR) is 77.4 cm³/mol. The fourth-order valence-electron chi connectivity index (χ4n) is 1.91. The molecule has 0 spiro atoms. The molecule has 0 rings (SSSR count). The van der Waals surface area contributed by atoms with Crippen molar-refractivity contribution in [3.63, 3.8) is 0 Å². The highest BCUT2D eigenvalue weighted by Gasteiger charge is 2.15. The van der Waals surface area contributed by atoms with Gasteiger partial charge in [-0.1, -0.05) is 39.0 Å². The van der Waals surface area contributed by atoms with Gasteiger partial charge in [0.1, 0.15) is 0 Å². The molecule has 106 valence electrons. The summed E-state index contributed by atoms with van der Waals surface area (Å²) in [6.45, 7) is 8.02. The standard InChI is InChI=1S/C16H31NO/c1-4-5-6-7-8-10-13-18-14-11-9-12-16(2,3)15-17/h4-14H2,1-3H3. The maximum absolute atomic E-state index is 8.87. The Hall–Kier alpha value is -0.550. The summed E-state index contributed by atoms with van der Waals surface area (Å²) in [6, 6.07) is 2.34. The van der Waals surface area contributed by atoms with Gasteiger partial charge in [-0.25, -0.2) is 0 Å². The molecule has 0 heterocycles. The summed E-state index contributed by atoms with van der Waals surface area (Å²) in [5.41, 5.74) is -0.167. The molecule has 0 aromatic heterocycles. The summed E-state index contributed by atoms with van der Waals surface area (Å²) in [4.78, 5) is 0. The van der Waals surface area contributed by atoms with Crippen molar-refractivity contribution >= 4 is 0 Å². The quantitative estimate of drug-likeness (QED) is 0.454. The molecule has 0 unspecified atom stereocenters. The predicted octanol–water partition coefficient (Wildman–Crippen LogP) is 5.08. The molecule has 0 bridgehead atoms. The highest BCUT2D eigenvalue weighted by Crippen LogP contribution is 2.21. The Morgan fingerprint density at radius 3 is 2.06 bits per heavy atom. The molecule has 0 aliphatic heterocycles. The van der Waals surface area contributed by atoms with E-state index in [1.54, 1.807) is 0 Å². The zero-order chi connectivity index (χ0) is 13.7. The van der Waals surface area contributed by atoms with E-state index in [9.17, 15) is 0 Å². The third-order valence-electron chi connectivity index (χ3n) is 3.29. The van der Waals surface area contributed by atoms with Crippen LogP contribution in [0.3, 0.4) is 0 Å². The third-order valence-corrected chi connectivity index (χ3v) is 3.29. The lowest BCUT2D eigenvalue weighted by molar-refractivity contribution is 0.124. The van der Waals surface area contributed by atoms with Crippen LogP contribution in [0.25, 0.3) is 0 Å². The molecular formula is C16H31NO. The van der Waals surface area contributed by atoms with E-state index in [2.05, 4.69) is 13.0 Å². The molecule has 0 saturated carbocycles. The first-order valence-electron chi connectivity index (χ1n) is 7.61. The van der Waals surface area contributed by atoms with Gasteiger partial charge in [-0.05, 0) is 39.5 Å². The van der Waals surface area contributed by atoms with Gasteiger partial charge in [0.05, 0.1) is 11.5 Å². The Balaban J connectivity index is 3.11. The van der Waals surface area contributed by atoms with Gasteiger partial charge in [-0.2, -0.15) is 5.26 Å². The second-order valence-electron chi connectivity index (χ2n) is 5.83. The minimum absolute atomic E-state index is 0.167. The molecule has 0 saturated heterocycles. The van der Waals surface area contributed by atoms with Crippen molar-refractivity contribution in [3.8, 4) is 6.07 Å². The Labute approximate surface area is 114 Å². The van der Waals surface area contributed by atoms with E-state index in [-0.39, 0.29) is 5.41 Å². The molecule has 18 heavy (non-hydrogen) atoms. The Morgan fingerprint density at radius 2 is 1.44 bits per heavy atom. The molecule has 0 aliphatic rings. The first-order chi connectivity index (χ1) is 8.62. The van der Waals surface area contributed by atoms with Crippen molar-refractivity contribution in [2.45, 2.75) is 78.6 Å². The van der Waals surface area contributed by atoms with Gasteiger partial charge in [0.2, 0.25) is 0 Å². The van der Waals surface area contributed by atoms with Crippen molar-refractivity contribution in [3.05, 3.63) is 0 Å². The van der Waals surface area contributed by atoms with Crippen molar-refractivity contribution in [1.82, 2.24) is 0 Å². The lowest BCUT2D eigenvalue weighted by Gasteiger charge is -2.14. The molecule has 0 aliphatic carbocycles. The number of hydrogen-bond donors (Lipinski definition) is 0. The lowest BCUT2D eigenvalue weighted by atomic mass is 9.89. The molecule has 0 aromatic carbocycles. The first-order valence-corrected chi connectivity index (χ1v) is 7.61. The van der Waals surface area contributed by atoms with Crippen LogP contribution in [0.15, 0.2) is 0 Å². The van der Waals surface area contributed by atoms with E-state index in [0.717, 1.165) is 32.5 Å². The molecule has 0 amide bonds. The van der Waals surface area contributed by atoms with E-state index < -0.39 is 0 Å². The van der Waals surface area contributed by atoms with Gasteiger partial charge < -0.3 is 4.74 Å². The fraction of sp³-hybridized carbons (Fsp3) is 0.938. The number of unbranched alkanes of at least 4 members (excludes halogenated alkanes) is 6. The molecule has 0 fully saturated rings. The minimum Gasteiger partial charge on any atom is -0.381 e. The second-order valence-corrected chi connectivity index (χ2v) is 5.83. The number of hydrogen-bond acceptors (Lipinski definition) is 2. The molecule has 2 heteroatoms. The van der Waals surface area contributed by atoms with Crippen LogP contribution < -0.4 is 0 Å². The molecule has 0 aromatic rings. The van der Waals surface area contributed by atoms with Crippen molar-refractivity contribution in [1.29, 1.82) is 5.26 Å². The second kappa shape index (κ2) is 11.5. The summed E-state index contributed by atoms with van der Waals surface area (Å²) >= 11 is 0. The number of rotatable bonds is 12. The summed E-state index contributed by atoms with van der Waals surface area (Å²) < 4.78 is 5.61. The van der Waals surface area contributed by atoms with Gasteiger partial charge in [-0.15, -0.1) is 0 Å². The van der Waals surface area contributed by atoms with Gasteiger partial charge in [0, 0.05) is 13.2 Å². The van der Waals surface area contributed by atoms with Crippen LogP contribution in [0, 0.1) is 16.7 Å². The normalized spacial score (nSPS) is 11.4. The van der Waals surface area contributed by atoms with E-state index in [0.29, 0.717) is 0 Å². The average molecular weight is 253 g/mol. The number of nitriles is 1. The first kappa shape index (κ1) is 17.4. The van der Waals surface area contributed by atoms with Gasteiger partial charge in [0.15, 0.2) is 0 Å². The fourth-order valence-corrected chi connectivity index (χ4v) is 1.91. The van der Waals surface area contributed by atoms with E-state index >= 15 is 0 Å². The van der Waals surface area contributed by atoms with Crippen molar-refractivity contribution in [2.24, 2.45) is 5.41 Å². The summed E-state index contributed by atoms with van der Waals surface area (Å²) in [6.07, 6.45) is 11.1. The average Bonchev–Trinajstić information content (AvgIpc) is 2.36. The molecule has 2 nitrogen and oxygen atoms in total. The third kappa shape index (κ3) is 11.9. The zero-order valence-electron chi connectivity index (χ0n) is 12.6. The Morgan fingerprint density at radius 1 is 0.889 bits per heavy atom. The van der Waals surface area contributed by atoms with Crippen LogP contribution in [0.2, 0.25) is 0 Å². The highest BCUT2D eigenvalue weighted by atomic mass is 16.5. The maximum atomic E-state index is 8.87. The van der Waals surface area contributed by atoms with Crippen LogP contribution in [-0.4, -0.2) is 13.2 Å². The summed E-state index contributed by atoms with van der Waals surface area (Å²) in [7, 11) is 0. The van der Waals surface area contributed by atoms with Crippen LogP contribution >= 0.6 is 0 Å². The molecule has 0 N–H and O–H groups in total. The number of nitrogens with zero attached hydrogens (tertiary/aromatic N) is 1. The molecular weight excluding hydrogens is 222 g/mol.